The first-order chi connectivity index (χ1) is 24.4. The molecule has 11 nitrogen and oxygen atoms in total. The number of hydrogen-bond donors (Lipinski definition) is 3. The van der Waals surface area contributed by atoms with Gasteiger partial charge in [0.1, 0.15) is 35.1 Å². The van der Waals surface area contributed by atoms with Crippen molar-refractivity contribution in [1.82, 2.24) is 29.5 Å². The molecule has 0 bridgehead atoms. The molecule has 1 fully saturated rings. The summed E-state index contributed by atoms with van der Waals surface area (Å²) in [6.07, 6.45) is 7.19. The third-order valence-corrected chi connectivity index (χ3v) is 10.8. The Labute approximate surface area is 298 Å². The van der Waals surface area contributed by atoms with Crippen molar-refractivity contribution in [2.75, 3.05) is 51.3 Å². The van der Waals surface area contributed by atoms with Crippen LogP contribution in [0.5, 0.6) is 5.75 Å². The molecule has 50 heavy (non-hydrogen) atoms. The summed E-state index contributed by atoms with van der Waals surface area (Å²) in [5.74, 6) is 1.37. The molecular formula is C36H39ClFN7O4S. The van der Waals surface area contributed by atoms with Gasteiger partial charge in [-0.05, 0) is 73.1 Å². The van der Waals surface area contributed by atoms with Crippen molar-refractivity contribution in [3.8, 4) is 16.2 Å². The number of aliphatic hydroxyl groups is 2. The summed E-state index contributed by atoms with van der Waals surface area (Å²) in [5.41, 5.74) is 4.92. The Bertz CT molecular complexity index is 1970. The van der Waals surface area contributed by atoms with Crippen LogP contribution in [-0.2, 0) is 30.8 Å². The predicted molar refractivity (Wildman–Crippen MR) is 191 cm³/mol. The molecule has 4 heterocycles. The van der Waals surface area contributed by atoms with Gasteiger partial charge < -0.3 is 25.2 Å². The van der Waals surface area contributed by atoms with Gasteiger partial charge in [-0.3, -0.25) is 14.4 Å². The molecule has 3 aromatic heterocycles. The predicted octanol–water partition coefficient (Wildman–Crippen LogP) is 5.29. The molecule has 0 spiro atoms. The lowest BCUT2D eigenvalue weighted by Gasteiger charge is -2.33. The number of nitrogens with one attached hydrogen (secondary N) is 1. The Kier molecular flexibility index (Phi) is 10.6. The van der Waals surface area contributed by atoms with Gasteiger partial charge in [-0.15, -0.1) is 11.3 Å². The van der Waals surface area contributed by atoms with Crippen LogP contribution in [0.25, 0.3) is 20.7 Å². The Balaban J connectivity index is 1.01. The molecule has 1 aliphatic heterocycles. The molecule has 3 N–H and O–H groups in total. The lowest BCUT2D eigenvalue weighted by Crippen LogP contribution is -2.45. The Morgan fingerprint density at radius 1 is 1.10 bits per heavy atom. The summed E-state index contributed by atoms with van der Waals surface area (Å²) in [7, 11) is 0. The maximum atomic E-state index is 13.6. The van der Waals surface area contributed by atoms with Gasteiger partial charge in [0.15, 0.2) is 0 Å². The lowest BCUT2D eigenvalue weighted by atomic mass is 9.95. The van der Waals surface area contributed by atoms with E-state index in [0.717, 1.165) is 65.0 Å². The molecule has 1 saturated heterocycles. The molecule has 0 atom stereocenters. The molecule has 7 rings (SSSR count). The third-order valence-electron chi connectivity index (χ3n) is 9.36. The Hall–Kier alpha value is -4.14. The number of benzene rings is 2. The van der Waals surface area contributed by atoms with E-state index < -0.39 is 0 Å². The van der Waals surface area contributed by atoms with Crippen molar-refractivity contribution in [3.05, 3.63) is 82.6 Å². The van der Waals surface area contributed by atoms with Gasteiger partial charge in [0.05, 0.1) is 35.9 Å². The molecule has 262 valence electrons. The van der Waals surface area contributed by atoms with Crippen LogP contribution < -0.4 is 10.1 Å². The number of anilines is 2. The highest BCUT2D eigenvalue weighted by molar-refractivity contribution is 7.22. The molecule has 2 aliphatic rings. The average Bonchev–Trinajstić information content (AvgIpc) is 3.70. The molecule has 0 unspecified atom stereocenters. The van der Waals surface area contributed by atoms with Crippen molar-refractivity contribution >= 4 is 50.6 Å². The van der Waals surface area contributed by atoms with Crippen molar-refractivity contribution in [1.29, 1.82) is 0 Å². The maximum absolute atomic E-state index is 13.6. The molecule has 14 heteroatoms. The monoisotopic (exact) mass is 719 g/mol. The fourth-order valence-electron chi connectivity index (χ4n) is 6.81. The maximum Gasteiger partial charge on any atom is 0.236 e. The summed E-state index contributed by atoms with van der Waals surface area (Å²) in [6.45, 7) is 3.27. The fourth-order valence-corrected chi connectivity index (χ4v) is 8.27. The van der Waals surface area contributed by atoms with Crippen LogP contribution in [0.4, 0.5) is 15.9 Å². The van der Waals surface area contributed by atoms with Crippen LogP contribution in [0.3, 0.4) is 0 Å². The van der Waals surface area contributed by atoms with Crippen molar-refractivity contribution in [2.24, 2.45) is 5.92 Å². The molecule has 2 aromatic carbocycles. The minimum atomic E-state index is -0.309. The second-order valence-corrected chi connectivity index (χ2v) is 14.2. The zero-order valence-electron chi connectivity index (χ0n) is 27.5. The number of halogens is 2. The number of aromatic nitrogens is 4. The zero-order valence-corrected chi connectivity index (χ0v) is 29.1. The van der Waals surface area contributed by atoms with Crippen LogP contribution >= 0.6 is 22.9 Å². The number of hydrogen-bond acceptors (Lipinski definition) is 10. The van der Waals surface area contributed by atoms with Crippen LogP contribution in [-0.4, -0.2) is 91.6 Å². The summed E-state index contributed by atoms with van der Waals surface area (Å²) < 4.78 is 21.5. The number of carbonyl (C=O) groups is 1. The largest absolute Gasteiger partial charge is 0.487 e. The standard InChI is InChI=1S/C36H39ClFN7O4S/c37-29-17-26(4-7-31(29)49-21-24-2-1-3-25(38)16-24)41-35-33-27-5-6-30-28(34(27)50-36(33)40-22-39-35)19-45(42-30)18-23-8-10-44(11-9-23)32(48)20-43(12-14-46)13-15-47/h1-4,7,16-17,19,22-23,46-47H,5-6,8-15,18,20-21H2,(H,39,40,41). The SMILES string of the molecule is O=C(CN(CCO)CCO)N1CCC(Cn2cc3c(n2)CCc2c-3sc3ncnc(Nc4ccc(OCc5cccc(F)c5)c(Cl)c4)c23)CC1. The number of amides is 1. The summed E-state index contributed by atoms with van der Waals surface area (Å²) in [4.78, 5) is 27.8. The zero-order chi connectivity index (χ0) is 34.6. The van der Waals surface area contributed by atoms with Gasteiger partial charge in [-0.1, -0.05) is 23.7 Å². The van der Waals surface area contributed by atoms with E-state index >= 15 is 0 Å². The lowest BCUT2D eigenvalue weighted by molar-refractivity contribution is -0.134. The van der Waals surface area contributed by atoms with Crippen molar-refractivity contribution in [2.45, 2.75) is 38.8 Å². The van der Waals surface area contributed by atoms with E-state index in [1.54, 1.807) is 46.8 Å². The summed E-state index contributed by atoms with van der Waals surface area (Å²) >= 11 is 8.24. The smallest absolute Gasteiger partial charge is 0.236 e. The van der Waals surface area contributed by atoms with E-state index in [1.807, 2.05) is 11.0 Å². The number of ether oxygens (including phenoxy) is 1. The second-order valence-electron chi connectivity index (χ2n) is 12.8. The number of carbonyl (C=O) groups excluding carboxylic acids is 1. The van der Waals surface area contributed by atoms with E-state index in [2.05, 4.69) is 26.2 Å². The number of aryl methyl sites for hydroxylation is 2. The summed E-state index contributed by atoms with van der Waals surface area (Å²) in [5, 5.41) is 28.4. The molecule has 0 saturated carbocycles. The van der Waals surface area contributed by atoms with E-state index in [-0.39, 0.29) is 38.1 Å². The van der Waals surface area contributed by atoms with Gasteiger partial charge in [-0.25, -0.2) is 14.4 Å². The first kappa shape index (κ1) is 34.3. The quantitative estimate of drug-likeness (QED) is 0.149. The highest BCUT2D eigenvalue weighted by Crippen LogP contribution is 2.45. The topological polar surface area (TPSA) is 129 Å². The summed E-state index contributed by atoms with van der Waals surface area (Å²) in [6, 6.07) is 11.8. The minimum Gasteiger partial charge on any atom is -0.487 e. The van der Waals surface area contributed by atoms with Gasteiger partial charge in [0.2, 0.25) is 5.91 Å². The van der Waals surface area contributed by atoms with Crippen LogP contribution in [0.1, 0.15) is 29.7 Å². The van der Waals surface area contributed by atoms with Gasteiger partial charge in [-0.2, -0.15) is 5.10 Å². The van der Waals surface area contributed by atoms with E-state index in [0.29, 0.717) is 48.7 Å². The average molecular weight is 720 g/mol. The van der Waals surface area contributed by atoms with Crippen molar-refractivity contribution in [3.63, 3.8) is 0 Å². The van der Waals surface area contributed by atoms with Crippen molar-refractivity contribution < 1.29 is 24.1 Å². The number of piperidine rings is 1. The number of thiophene rings is 1. The van der Waals surface area contributed by atoms with Gasteiger partial charge >= 0.3 is 0 Å². The van der Waals surface area contributed by atoms with E-state index in [9.17, 15) is 19.4 Å². The number of nitrogens with zero attached hydrogens (tertiary/aromatic N) is 6. The molecule has 5 aromatic rings. The van der Waals surface area contributed by atoms with Gasteiger partial charge in [0, 0.05) is 55.0 Å². The number of aliphatic hydroxyl groups excluding tert-OH is 2. The second kappa shape index (κ2) is 15.4. The van der Waals surface area contributed by atoms with E-state index in [4.69, 9.17) is 21.4 Å². The molecule has 1 aliphatic carbocycles. The molecule has 0 radical (unpaired) electrons. The van der Waals surface area contributed by atoms with E-state index in [1.165, 1.54) is 22.6 Å². The van der Waals surface area contributed by atoms with Crippen LogP contribution in [0, 0.1) is 11.7 Å². The number of fused-ring (bicyclic) bond motifs is 5. The van der Waals surface area contributed by atoms with Gasteiger partial charge in [0.25, 0.3) is 0 Å². The minimum absolute atomic E-state index is 0.0418. The highest BCUT2D eigenvalue weighted by Gasteiger charge is 2.28. The first-order valence-electron chi connectivity index (χ1n) is 16.9. The molecular weight excluding hydrogens is 681 g/mol. The normalized spacial score (nSPS) is 14.6. The number of likely N-dealkylation sites (tertiary alicyclic amines) is 1. The number of rotatable bonds is 13. The first-order valence-corrected chi connectivity index (χ1v) is 18.1. The Morgan fingerprint density at radius 2 is 1.92 bits per heavy atom. The Morgan fingerprint density at radius 3 is 2.68 bits per heavy atom. The molecule has 1 amide bonds. The van der Waals surface area contributed by atoms with Crippen LogP contribution in [0.2, 0.25) is 5.02 Å². The highest BCUT2D eigenvalue weighted by atomic mass is 35.5. The third kappa shape index (κ3) is 7.62. The fraction of sp³-hybridized carbons (Fsp3) is 0.389. The van der Waals surface area contributed by atoms with Crippen LogP contribution in [0.15, 0.2) is 55.0 Å².